The van der Waals surface area contributed by atoms with Gasteiger partial charge in [0.1, 0.15) is 5.82 Å². The number of halogens is 1. The molecule has 0 saturated heterocycles. The predicted molar refractivity (Wildman–Crippen MR) is 81.0 cm³/mol. The van der Waals surface area contributed by atoms with Crippen LogP contribution in [0.5, 0.6) is 0 Å². The van der Waals surface area contributed by atoms with Gasteiger partial charge in [-0.05, 0) is 18.2 Å². The maximum atomic E-state index is 13.5. The van der Waals surface area contributed by atoms with Gasteiger partial charge in [-0.2, -0.15) is 0 Å². The molecule has 1 atom stereocenters. The number of carbonyl (C=O) groups is 1. The van der Waals surface area contributed by atoms with Crippen molar-refractivity contribution >= 4 is 16.7 Å². The Kier molecular flexibility index (Phi) is 5.22. The summed E-state index contributed by atoms with van der Waals surface area (Å²) in [5.74, 6) is -0.267. The summed E-state index contributed by atoms with van der Waals surface area (Å²) >= 11 is 0. The highest BCUT2D eigenvalue weighted by Gasteiger charge is 2.14. The van der Waals surface area contributed by atoms with Gasteiger partial charge in [-0.15, -0.1) is 0 Å². The van der Waals surface area contributed by atoms with Crippen LogP contribution in [0, 0.1) is 5.82 Å². The van der Waals surface area contributed by atoms with Gasteiger partial charge in [0, 0.05) is 17.9 Å². The Morgan fingerprint density at radius 2 is 1.81 bits per heavy atom. The predicted octanol–water partition coefficient (Wildman–Crippen LogP) is 2.88. The molecule has 0 bridgehead atoms. The van der Waals surface area contributed by atoms with Gasteiger partial charge in [0.15, 0.2) is 0 Å². The highest BCUT2D eigenvalue weighted by atomic mass is 32.2. The fourth-order valence-electron chi connectivity index (χ4n) is 1.92. The van der Waals surface area contributed by atoms with Gasteiger partial charge in [-0.25, -0.2) is 4.39 Å². The third-order valence-corrected chi connectivity index (χ3v) is 4.41. The molecule has 0 aliphatic rings. The molecular formula is C16H16FNO2S. The van der Waals surface area contributed by atoms with Crippen molar-refractivity contribution in [2.75, 3.05) is 5.75 Å². The van der Waals surface area contributed by atoms with Crippen LogP contribution in [0.3, 0.4) is 0 Å². The monoisotopic (exact) mass is 305 g/mol. The topological polar surface area (TPSA) is 46.2 Å². The molecule has 0 spiro atoms. The molecule has 0 aliphatic heterocycles. The van der Waals surface area contributed by atoms with Crippen molar-refractivity contribution in [1.82, 2.24) is 5.32 Å². The summed E-state index contributed by atoms with van der Waals surface area (Å²) in [5, 5.41) is 2.66. The number of hydrogen-bond acceptors (Lipinski definition) is 2. The zero-order chi connectivity index (χ0) is 15.2. The molecule has 1 N–H and O–H groups in total. The average molecular weight is 305 g/mol. The van der Waals surface area contributed by atoms with Crippen LogP contribution >= 0.6 is 0 Å². The van der Waals surface area contributed by atoms with Crippen molar-refractivity contribution in [3.05, 3.63) is 65.5 Å². The lowest BCUT2D eigenvalue weighted by Crippen LogP contribution is -2.24. The van der Waals surface area contributed by atoms with Gasteiger partial charge in [0.2, 0.25) is 0 Å². The molecule has 0 aromatic heterocycles. The molecule has 5 heteroatoms. The number of nitrogens with one attached hydrogen (secondary N) is 1. The fraction of sp³-hybridized carbons (Fsp3) is 0.188. The molecular weight excluding hydrogens is 289 g/mol. The van der Waals surface area contributed by atoms with Crippen LogP contribution in [-0.2, 0) is 17.3 Å². The van der Waals surface area contributed by atoms with Crippen molar-refractivity contribution in [1.29, 1.82) is 0 Å². The first kappa shape index (κ1) is 15.4. The van der Waals surface area contributed by atoms with E-state index in [2.05, 4.69) is 5.32 Å². The van der Waals surface area contributed by atoms with Gasteiger partial charge in [-0.1, -0.05) is 37.3 Å². The molecule has 21 heavy (non-hydrogen) atoms. The minimum absolute atomic E-state index is 0.0958. The lowest BCUT2D eigenvalue weighted by molar-refractivity contribution is 0.0947. The normalized spacial score (nSPS) is 11.9. The molecule has 0 fully saturated rings. The van der Waals surface area contributed by atoms with E-state index < -0.39 is 10.8 Å². The van der Waals surface area contributed by atoms with Crippen molar-refractivity contribution in [2.45, 2.75) is 18.4 Å². The fourth-order valence-corrected chi connectivity index (χ4v) is 2.87. The van der Waals surface area contributed by atoms with Crippen LogP contribution in [0.1, 0.15) is 22.8 Å². The average Bonchev–Trinajstić information content (AvgIpc) is 2.53. The molecule has 2 rings (SSSR count). The summed E-state index contributed by atoms with van der Waals surface area (Å²) < 4.78 is 25.4. The lowest BCUT2D eigenvalue weighted by atomic mass is 10.2. The van der Waals surface area contributed by atoms with E-state index in [0.717, 1.165) is 0 Å². The smallest absolute Gasteiger partial charge is 0.252 e. The second-order valence-corrected chi connectivity index (χ2v) is 6.11. The zero-order valence-electron chi connectivity index (χ0n) is 11.6. The Bertz CT molecular complexity index is 673. The van der Waals surface area contributed by atoms with E-state index in [9.17, 15) is 13.4 Å². The van der Waals surface area contributed by atoms with Crippen molar-refractivity contribution in [2.24, 2.45) is 0 Å². The number of hydrogen-bond donors (Lipinski definition) is 1. The van der Waals surface area contributed by atoms with Gasteiger partial charge < -0.3 is 5.32 Å². The Hall–Kier alpha value is -2.01. The van der Waals surface area contributed by atoms with Crippen LogP contribution in [0.2, 0.25) is 0 Å². The summed E-state index contributed by atoms with van der Waals surface area (Å²) in [6.45, 7) is 1.89. The molecule has 2 aromatic carbocycles. The van der Waals surface area contributed by atoms with E-state index in [1.54, 1.807) is 49.4 Å². The van der Waals surface area contributed by atoms with Crippen LogP contribution in [0.25, 0.3) is 0 Å². The molecule has 2 aromatic rings. The molecule has 1 amide bonds. The first-order valence-electron chi connectivity index (χ1n) is 6.62. The quantitative estimate of drug-likeness (QED) is 0.923. The van der Waals surface area contributed by atoms with Crippen LogP contribution in [0.15, 0.2) is 53.4 Å². The first-order valence-corrected chi connectivity index (χ1v) is 7.94. The SMILES string of the molecule is CC[S@](=O)c1ccccc1C(=O)NCc1ccccc1F. The molecule has 0 radical (unpaired) electrons. The third kappa shape index (κ3) is 3.76. The van der Waals surface area contributed by atoms with E-state index >= 15 is 0 Å². The summed E-state index contributed by atoms with van der Waals surface area (Å²) in [6, 6.07) is 13.0. The Morgan fingerprint density at radius 1 is 1.14 bits per heavy atom. The molecule has 110 valence electrons. The first-order chi connectivity index (χ1) is 10.1. The van der Waals surface area contributed by atoms with E-state index in [1.165, 1.54) is 6.07 Å². The molecule has 0 saturated carbocycles. The van der Waals surface area contributed by atoms with Crippen molar-refractivity contribution in [3.63, 3.8) is 0 Å². The third-order valence-electron chi connectivity index (χ3n) is 3.04. The van der Waals surface area contributed by atoms with E-state index in [0.29, 0.717) is 21.8 Å². The van der Waals surface area contributed by atoms with Gasteiger partial charge in [0.05, 0.1) is 21.3 Å². The van der Waals surface area contributed by atoms with Crippen LogP contribution in [-0.4, -0.2) is 15.9 Å². The van der Waals surface area contributed by atoms with Crippen LogP contribution < -0.4 is 5.32 Å². The van der Waals surface area contributed by atoms with E-state index in [-0.39, 0.29) is 18.3 Å². The summed E-state index contributed by atoms with van der Waals surface area (Å²) in [7, 11) is -1.21. The Morgan fingerprint density at radius 3 is 2.52 bits per heavy atom. The number of rotatable bonds is 5. The molecule has 0 unspecified atom stereocenters. The summed E-state index contributed by atoms with van der Waals surface area (Å²) in [4.78, 5) is 12.7. The molecule has 0 aliphatic carbocycles. The Labute approximate surface area is 125 Å². The standard InChI is InChI=1S/C16H16FNO2S/c1-2-21(20)15-10-6-4-8-13(15)16(19)18-11-12-7-3-5-9-14(12)17/h3-10H,2,11H2,1H3,(H,18,19)/t21-/m0/s1. The van der Waals surface area contributed by atoms with Gasteiger partial charge in [-0.3, -0.25) is 9.00 Å². The maximum Gasteiger partial charge on any atom is 0.252 e. The number of carbonyl (C=O) groups excluding carboxylic acids is 1. The van der Waals surface area contributed by atoms with Crippen LogP contribution in [0.4, 0.5) is 4.39 Å². The maximum absolute atomic E-state index is 13.5. The largest absolute Gasteiger partial charge is 0.348 e. The second-order valence-electron chi connectivity index (χ2n) is 4.40. The highest BCUT2D eigenvalue weighted by Crippen LogP contribution is 2.14. The summed E-state index contributed by atoms with van der Waals surface area (Å²) in [6.07, 6.45) is 0. The molecule has 3 nitrogen and oxygen atoms in total. The van der Waals surface area contributed by atoms with Gasteiger partial charge >= 0.3 is 0 Å². The van der Waals surface area contributed by atoms with E-state index in [4.69, 9.17) is 0 Å². The number of amides is 1. The zero-order valence-corrected chi connectivity index (χ0v) is 12.5. The van der Waals surface area contributed by atoms with Crippen molar-refractivity contribution < 1.29 is 13.4 Å². The van der Waals surface area contributed by atoms with Crippen molar-refractivity contribution in [3.8, 4) is 0 Å². The second kappa shape index (κ2) is 7.13. The number of benzene rings is 2. The van der Waals surface area contributed by atoms with E-state index in [1.807, 2.05) is 0 Å². The minimum atomic E-state index is -1.21. The highest BCUT2D eigenvalue weighted by molar-refractivity contribution is 7.85. The molecule has 0 heterocycles. The lowest BCUT2D eigenvalue weighted by Gasteiger charge is -2.09. The summed E-state index contributed by atoms with van der Waals surface area (Å²) in [5.41, 5.74) is 0.786. The van der Waals surface area contributed by atoms with Gasteiger partial charge in [0.25, 0.3) is 5.91 Å². The Balaban J connectivity index is 2.14. The minimum Gasteiger partial charge on any atom is -0.348 e.